The first kappa shape index (κ1) is 8.12. The zero-order chi connectivity index (χ0) is 7.40. The Hall–Kier alpha value is 0.0200. The van der Waals surface area contributed by atoms with Gasteiger partial charge in [0.1, 0.15) is 5.78 Å². The van der Waals surface area contributed by atoms with Gasteiger partial charge in [0.05, 0.1) is 5.25 Å². The second kappa shape index (κ2) is 4.02. The number of hydrogen-bond acceptors (Lipinski definition) is 2. The summed E-state index contributed by atoms with van der Waals surface area (Å²) in [4.78, 5) is 11.2. The number of carbonyl (C=O) groups excluding carboxylic acids is 1. The first-order valence-electron chi connectivity index (χ1n) is 3.99. The van der Waals surface area contributed by atoms with Gasteiger partial charge in [-0.2, -0.15) is 11.8 Å². The highest BCUT2D eigenvalue weighted by molar-refractivity contribution is 8.00. The highest BCUT2D eigenvalue weighted by atomic mass is 32.2. The van der Waals surface area contributed by atoms with Gasteiger partial charge in [-0.3, -0.25) is 4.79 Å². The van der Waals surface area contributed by atoms with E-state index in [9.17, 15) is 4.79 Å². The molecule has 1 aliphatic carbocycles. The fraction of sp³-hybridized carbons (Fsp3) is 0.875. The third-order valence-electron chi connectivity index (χ3n) is 1.87. The molecule has 0 N–H and O–H groups in total. The summed E-state index contributed by atoms with van der Waals surface area (Å²) in [5.74, 6) is 1.56. The van der Waals surface area contributed by atoms with Crippen molar-refractivity contribution in [1.82, 2.24) is 0 Å². The maximum absolute atomic E-state index is 11.2. The summed E-state index contributed by atoms with van der Waals surface area (Å²) in [7, 11) is 0. The van der Waals surface area contributed by atoms with Crippen molar-refractivity contribution in [2.24, 2.45) is 0 Å². The minimum absolute atomic E-state index is 0.346. The smallest absolute Gasteiger partial charge is 0.145 e. The maximum Gasteiger partial charge on any atom is 0.145 e. The lowest BCUT2D eigenvalue weighted by molar-refractivity contribution is -0.119. The van der Waals surface area contributed by atoms with E-state index in [1.807, 2.05) is 11.8 Å². The monoisotopic (exact) mass is 158 g/mol. The number of rotatable bonds is 2. The second-order valence-corrected chi connectivity index (χ2v) is 4.14. The van der Waals surface area contributed by atoms with Gasteiger partial charge < -0.3 is 0 Å². The normalized spacial score (nSPS) is 26.9. The lowest BCUT2D eigenvalue weighted by Gasteiger charge is -2.18. The zero-order valence-corrected chi connectivity index (χ0v) is 7.25. The predicted molar refractivity (Wildman–Crippen MR) is 45.4 cm³/mol. The fourth-order valence-corrected chi connectivity index (χ4v) is 2.37. The third kappa shape index (κ3) is 2.01. The average Bonchev–Trinajstić information content (AvgIpc) is 1.94. The molecule has 10 heavy (non-hydrogen) atoms. The molecule has 0 heterocycles. The summed E-state index contributed by atoms with van der Waals surface area (Å²) in [6.07, 6.45) is 4.33. The second-order valence-electron chi connectivity index (χ2n) is 2.66. The van der Waals surface area contributed by atoms with E-state index in [0.717, 1.165) is 25.0 Å². The molecule has 0 aromatic rings. The van der Waals surface area contributed by atoms with Crippen molar-refractivity contribution in [3.8, 4) is 0 Å². The third-order valence-corrected chi connectivity index (χ3v) is 3.10. The van der Waals surface area contributed by atoms with Gasteiger partial charge in [0, 0.05) is 6.42 Å². The summed E-state index contributed by atoms with van der Waals surface area (Å²) in [6.45, 7) is 2.12. The van der Waals surface area contributed by atoms with Crippen LogP contribution in [0.5, 0.6) is 0 Å². The maximum atomic E-state index is 11.2. The van der Waals surface area contributed by atoms with Crippen molar-refractivity contribution in [3.05, 3.63) is 0 Å². The standard InChI is InChI=1S/C8H14OS/c1-2-10-8-6-4-3-5-7(8)9/h8H,2-6H2,1H3. The van der Waals surface area contributed by atoms with Crippen LogP contribution in [0.1, 0.15) is 32.6 Å². The number of hydrogen-bond donors (Lipinski definition) is 0. The van der Waals surface area contributed by atoms with Crippen molar-refractivity contribution in [2.75, 3.05) is 5.75 Å². The summed E-state index contributed by atoms with van der Waals surface area (Å²) in [6, 6.07) is 0. The van der Waals surface area contributed by atoms with Crippen LogP contribution in [0, 0.1) is 0 Å². The van der Waals surface area contributed by atoms with E-state index >= 15 is 0 Å². The predicted octanol–water partition coefficient (Wildman–Crippen LogP) is 2.25. The number of ketones is 1. The van der Waals surface area contributed by atoms with Crippen LogP contribution >= 0.6 is 11.8 Å². The molecule has 1 saturated carbocycles. The van der Waals surface area contributed by atoms with Crippen LogP contribution in [0.4, 0.5) is 0 Å². The van der Waals surface area contributed by atoms with Crippen molar-refractivity contribution in [2.45, 2.75) is 37.9 Å². The Labute approximate surface area is 66.6 Å². The SMILES string of the molecule is CCSC1CCCCC1=O. The van der Waals surface area contributed by atoms with Gasteiger partial charge in [-0.25, -0.2) is 0 Å². The minimum atomic E-state index is 0.346. The van der Waals surface area contributed by atoms with Gasteiger partial charge in [-0.15, -0.1) is 0 Å². The van der Waals surface area contributed by atoms with Crippen molar-refractivity contribution in [1.29, 1.82) is 0 Å². The van der Waals surface area contributed by atoms with Crippen LogP contribution in [-0.2, 0) is 4.79 Å². The quantitative estimate of drug-likeness (QED) is 0.613. The molecule has 0 bridgehead atoms. The van der Waals surface area contributed by atoms with Gasteiger partial charge in [0.2, 0.25) is 0 Å². The molecule has 0 saturated heterocycles. The van der Waals surface area contributed by atoms with Crippen LogP contribution in [0.3, 0.4) is 0 Å². The Bertz CT molecular complexity index is 120. The average molecular weight is 158 g/mol. The first-order chi connectivity index (χ1) is 4.84. The van der Waals surface area contributed by atoms with E-state index in [0.29, 0.717) is 11.0 Å². The molecule has 0 radical (unpaired) electrons. The number of Topliss-reactive ketones (excluding diaryl/α,β-unsaturated/α-hetero) is 1. The molecule has 1 atom stereocenters. The Balaban J connectivity index is 2.32. The van der Waals surface area contributed by atoms with Crippen LogP contribution in [0.2, 0.25) is 0 Å². The van der Waals surface area contributed by atoms with Gasteiger partial charge in [0.15, 0.2) is 0 Å². The summed E-state index contributed by atoms with van der Waals surface area (Å²) >= 11 is 1.81. The van der Waals surface area contributed by atoms with Crippen molar-refractivity contribution >= 4 is 17.5 Å². The lowest BCUT2D eigenvalue weighted by atomic mass is 9.99. The Morgan fingerprint density at radius 1 is 1.60 bits per heavy atom. The van der Waals surface area contributed by atoms with E-state index in [2.05, 4.69) is 6.92 Å². The topological polar surface area (TPSA) is 17.1 Å². The molecule has 1 unspecified atom stereocenters. The van der Waals surface area contributed by atoms with E-state index in [1.54, 1.807) is 0 Å². The van der Waals surface area contributed by atoms with Gasteiger partial charge in [-0.1, -0.05) is 13.3 Å². The molecule has 0 amide bonds. The Kier molecular flexibility index (Phi) is 3.26. The van der Waals surface area contributed by atoms with Crippen molar-refractivity contribution < 1.29 is 4.79 Å². The van der Waals surface area contributed by atoms with E-state index in [-0.39, 0.29) is 0 Å². The van der Waals surface area contributed by atoms with Crippen LogP contribution in [-0.4, -0.2) is 16.8 Å². The molecule has 58 valence electrons. The largest absolute Gasteiger partial charge is 0.298 e. The first-order valence-corrected chi connectivity index (χ1v) is 5.03. The Morgan fingerprint density at radius 2 is 2.40 bits per heavy atom. The highest BCUT2D eigenvalue weighted by Crippen LogP contribution is 2.24. The fourth-order valence-electron chi connectivity index (χ4n) is 1.33. The molecule has 0 spiro atoms. The van der Waals surface area contributed by atoms with Gasteiger partial charge in [0.25, 0.3) is 0 Å². The van der Waals surface area contributed by atoms with E-state index < -0.39 is 0 Å². The lowest BCUT2D eigenvalue weighted by Crippen LogP contribution is -2.21. The molecule has 1 fully saturated rings. The Morgan fingerprint density at radius 3 is 3.00 bits per heavy atom. The zero-order valence-electron chi connectivity index (χ0n) is 6.43. The molecule has 0 aromatic carbocycles. The molecule has 1 nitrogen and oxygen atoms in total. The van der Waals surface area contributed by atoms with Crippen LogP contribution < -0.4 is 0 Å². The molecule has 0 aromatic heterocycles. The molecule has 0 aliphatic heterocycles. The number of carbonyl (C=O) groups is 1. The van der Waals surface area contributed by atoms with Gasteiger partial charge >= 0.3 is 0 Å². The summed E-state index contributed by atoms with van der Waals surface area (Å²) < 4.78 is 0. The summed E-state index contributed by atoms with van der Waals surface area (Å²) in [5, 5.41) is 0.346. The minimum Gasteiger partial charge on any atom is -0.298 e. The van der Waals surface area contributed by atoms with E-state index in [4.69, 9.17) is 0 Å². The van der Waals surface area contributed by atoms with Crippen molar-refractivity contribution in [3.63, 3.8) is 0 Å². The van der Waals surface area contributed by atoms with Crippen LogP contribution in [0.25, 0.3) is 0 Å². The summed E-state index contributed by atoms with van der Waals surface area (Å²) in [5.41, 5.74) is 0. The van der Waals surface area contributed by atoms with E-state index in [1.165, 1.54) is 6.42 Å². The highest BCUT2D eigenvalue weighted by Gasteiger charge is 2.21. The number of thioether (sulfide) groups is 1. The molecule has 1 aliphatic rings. The molecule has 2 heteroatoms. The molecular weight excluding hydrogens is 144 g/mol. The molecular formula is C8H14OS. The van der Waals surface area contributed by atoms with Crippen LogP contribution in [0.15, 0.2) is 0 Å². The van der Waals surface area contributed by atoms with Gasteiger partial charge in [-0.05, 0) is 18.6 Å². The molecule has 1 rings (SSSR count).